The number of aliphatic hydroxyl groups is 2. The molecular formula is C21H29NO4. The zero-order valence-corrected chi connectivity index (χ0v) is 15.7. The van der Waals surface area contributed by atoms with E-state index in [1.54, 1.807) is 6.07 Å². The lowest BCUT2D eigenvalue weighted by Crippen LogP contribution is -2.52. The Morgan fingerprint density at radius 1 is 1.31 bits per heavy atom. The molecule has 0 amide bonds. The number of hydrogen-bond donors (Lipinski definition) is 2. The van der Waals surface area contributed by atoms with E-state index in [1.165, 1.54) is 5.56 Å². The standard InChI is InChI=1S/C21H29NO4/c1-3-7-21(14-23)8-9-22(13-19(21)24)12-16-11-20(25)26-18-6-5-15(4-2)10-17(16)18/h5-6,10-11,19,23-24H,3-4,7-9,12-14H2,1-2H3/t19-,21+/m0/s1. The molecule has 2 atom stereocenters. The highest BCUT2D eigenvalue weighted by molar-refractivity contribution is 5.80. The van der Waals surface area contributed by atoms with Gasteiger partial charge in [-0.15, -0.1) is 0 Å². The average Bonchev–Trinajstić information content (AvgIpc) is 2.64. The third-order valence-electron chi connectivity index (χ3n) is 5.82. The molecule has 0 aliphatic carbocycles. The van der Waals surface area contributed by atoms with Crippen molar-refractivity contribution in [1.29, 1.82) is 0 Å². The molecule has 0 saturated carbocycles. The molecule has 0 unspecified atom stereocenters. The number of β-amino-alcohol motifs (C(OH)–C–C–N with tert-alkyl or cyclic N) is 1. The molecule has 1 aliphatic heterocycles. The predicted molar refractivity (Wildman–Crippen MR) is 102 cm³/mol. The topological polar surface area (TPSA) is 73.9 Å². The second-order valence-electron chi connectivity index (χ2n) is 7.55. The van der Waals surface area contributed by atoms with Crippen molar-refractivity contribution in [2.45, 2.75) is 52.2 Å². The van der Waals surface area contributed by atoms with E-state index in [9.17, 15) is 15.0 Å². The molecule has 1 aliphatic rings. The van der Waals surface area contributed by atoms with Gasteiger partial charge in [-0.25, -0.2) is 4.79 Å². The first kappa shape index (κ1) is 19.1. The van der Waals surface area contributed by atoms with Crippen LogP contribution >= 0.6 is 0 Å². The molecule has 2 N–H and O–H groups in total. The van der Waals surface area contributed by atoms with Crippen LogP contribution in [0.2, 0.25) is 0 Å². The molecule has 0 spiro atoms. The highest BCUT2D eigenvalue weighted by Gasteiger charge is 2.41. The van der Waals surface area contributed by atoms with E-state index < -0.39 is 11.5 Å². The summed E-state index contributed by atoms with van der Waals surface area (Å²) in [7, 11) is 0. The minimum atomic E-state index is -0.557. The largest absolute Gasteiger partial charge is 0.423 e. The number of hydrogen-bond acceptors (Lipinski definition) is 5. The summed E-state index contributed by atoms with van der Waals surface area (Å²) in [5.41, 5.74) is 2.01. The van der Waals surface area contributed by atoms with E-state index in [2.05, 4.69) is 24.8 Å². The third-order valence-corrected chi connectivity index (χ3v) is 5.82. The molecule has 2 heterocycles. The van der Waals surface area contributed by atoms with Crippen LogP contribution in [0, 0.1) is 5.41 Å². The zero-order chi connectivity index (χ0) is 18.7. The quantitative estimate of drug-likeness (QED) is 0.776. The number of piperidine rings is 1. The van der Waals surface area contributed by atoms with Crippen LogP contribution in [0.1, 0.15) is 44.2 Å². The van der Waals surface area contributed by atoms with Crippen molar-refractivity contribution in [1.82, 2.24) is 4.90 Å². The van der Waals surface area contributed by atoms with Crippen LogP contribution < -0.4 is 5.63 Å². The van der Waals surface area contributed by atoms with E-state index in [0.29, 0.717) is 18.7 Å². The monoisotopic (exact) mass is 359 g/mol. The van der Waals surface area contributed by atoms with Crippen molar-refractivity contribution < 1.29 is 14.6 Å². The summed E-state index contributed by atoms with van der Waals surface area (Å²) in [6.07, 6.45) is 2.90. The van der Waals surface area contributed by atoms with E-state index in [0.717, 1.165) is 43.2 Å². The molecule has 5 nitrogen and oxygen atoms in total. The van der Waals surface area contributed by atoms with Gasteiger partial charge >= 0.3 is 5.63 Å². The number of aryl methyl sites for hydroxylation is 1. The Morgan fingerprint density at radius 2 is 2.12 bits per heavy atom. The number of likely N-dealkylation sites (tertiary alicyclic amines) is 1. The Labute approximate surface area is 154 Å². The van der Waals surface area contributed by atoms with Crippen molar-refractivity contribution in [3.8, 4) is 0 Å². The summed E-state index contributed by atoms with van der Waals surface area (Å²) >= 11 is 0. The molecular weight excluding hydrogens is 330 g/mol. The van der Waals surface area contributed by atoms with Gasteiger partial charge in [-0.2, -0.15) is 0 Å². The number of nitrogens with zero attached hydrogens (tertiary/aromatic N) is 1. The van der Waals surface area contributed by atoms with Gasteiger partial charge in [0.1, 0.15) is 5.58 Å². The minimum absolute atomic E-state index is 0.0214. The summed E-state index contributed by atoms with van der Waals surface area (Å²) < 4.78 is 5.34. The lowest BCUT2D eigenvalue weighted by atomic mass is 9.73. The van der Waals surface area contributed by atoms with Gasteiger partial charge in [-0.1, -0.05) is 26.3 Å². The second kappa shape index (κ2) is 7.91. The number of benzene rings is 1. The molecule has 5 heteroatoms. The maximum Gasteiger partial charge on any atom is 0.336 e. The van der Waals surface area contributed by atoms with Crippen LogP contribution in [0.4, 0.5) is 0 Å². The molecule has 3 rings (SSSR count). The van der Waals surface area contributed by atoms with Gasteiger partial charge < -0.3 is 14.6 Å². The van der Waals surface area contributed by atoms with Crippen molar-refractivity contribution in [3.63, 3.8) is 0 Å². The Kier molecular flexibility index (Phi) is 5.80. The molecule has 0 bridgehead atoms. The van der Waals surface area contributed by atoms with Gasteiger partial charge in [0.05, 0.1) is 12.7 Å². The fraction of sp³-hybridized carbons (Fsp3) is 0.571. The van der Waals surface area contributed by atoms with Crippen molar-refractivity contribution >= 4 is 11.0 Å². The zero-order valence-electron chi connectivity index (χ0n) is 15.7. The summed E-state index contributed by atoms with van der Waals surface area (Å²) in [4.78, 5) is 14.1. The van der Waals surface area contributed by atoms with Crippen LogP contribution in [0.15, 0.2) is 33.5 Å². The fourth-order valence-corrected chi connectivity index (χ4v) is 4.14. The van der Waals surface area contributed by atoms with Gasteiger partial charge in [0, 0.05) is 30.0 Å². The maximum absolute atomic E-state index is 11.9. The second-order valence-corrected chi connectivity index (χ2v) is 7.55. The molecule has 0 radical (unpaired) electrons. The molecule has 1 aromatic carbocycles. The first-order chi connectivity index (χ1) is 12.5. The van der Waals surface area contributed by atoms with E-state index >= 15 is 0 Å². The number of rotatable bonds is 6. The summed E-state index contributed by atoms with van der Waals surface area (Å²) in [5, 5.41) is 21.5. The average molecular weight is 359 g/mol. The van der Waals surface area contributed by atoms with Crippen LogP contribution in [0.5, 0.6) is 0 Å². The van der Waals surface area contributed by atoms with Gasteiger partial charge in [-0.3, -0.25) is 4.90 Å². The SMILES string of the molecule is CCC[C@]1(CO)CCN(Cc2cc(=O)oc3ccc(CC)cc23)C[C@@H]1O. The van der Waals surface area contributed by atoms with Crippen molar-refractivity contribution in [2.24, 2.45) is 5.41 Å². The summed E-state index contributed by atoms with van der Waals surface area (Å²) in [6.45, 7) is 6.11. The van der Waals surface area contributed by atoms with Gasteiger partial charge in [-0.05, 0) is 49.1 Å². The van der Waals surface area contributed by atoms with Crippen LogP contribution in [0.25, 0.3) is 11.0 Å². The minimum Gasteiger partial charge on any atom is -0.423 e. The summed E-state index contributed by atoms with van der Waals surface area (Å²) in [5.74, 6) is 0. The highest BCUT2D eigenvalue weighted by Crippen LogP contribution is 2.36. The van der Waals surface area contributed by atoms with E-state index in [1.807, 2.05) is 12.1 Å². The lowest BCUT2D eigenvalue weighted by molar-refractivity contribution is -0.0802. The Morgan fingerprint density at radius 3 is 2.77 bits per heavy atom. The molecule has 142 valence electrons. The fourth-order valence-electron chi connectivity index (χ4n) is 4.14. The highest BCUT2D eigenvalue weighted by atomic mass is 16.4. The van der Waals surface area contributed by atoms with Gasteiger partial charge in [0.25, 0.3) is 0 Å². The first-order valence-electron chi connectivity index (χ1n) is 9.58. The van der Waals surface area contributed by atoms with Crippen LogP contribution in [-0.4, -0.2) is 40.9 Å². The van der Waals surface area contributed by atoms with E-state index in [-0.39, 0.29) is 12.2 Å². The van der Waals surface area contributed by atoms with E-state index in [4.69, 9.17) is 4.42 Å². The third kappa shape index (κ3) is 3.70. The molecule has 1 fully saturated rings. The lowest BCUT2D eigenvalue weighted by Gasteiger charge is -2.44. The van der Waals surface area contributed by atoms with Gasteiger partial charge in [0.2, 0.25) is 0 Å². The number of fused-ring (bicyclic) bond motifs is 1. The Hall–Kier alpha value is -1.69. The molecule has 26 heavy (non-hydrogen) atoms. The molecule has 2 aromatic rings. The summed E-state index contributed by atoms with van der Waals surface area (Å²) in [6, 6.07) is 7.50. The van der Waals surface area contributed by atoms with Crippen LogP contribution in [0.3, 0.4) is 0 Å². The van der Waals surface area contributed by atoms with Gasteiger partial charge in [0.15, 0.2) is 0 Å². The van der Waals surface area contributed by atoms with Crippen molar-refractivity contribution in [3.05, 3.63) is 45.8 Å². The predicted octanol–water partition coefficient (Wildman–Crippen LogP) is 2.70. The maximum atomic E-state index is 11.9. The first-order valence-corrected chi connectivity index (χ1v) is 9.58. The molecule has 1 aromatic heterocycles. The smallest absolute Gasteiger partial charge is 0.336 e. The van der Waals surface area contributed by atoms with Crippen molar-refractivity contribution in [2.75, 3.05) is 19.7 Å². The molecule has 1 saturated heterocycles. The Balaban J connectivity index is 1.85. The van der Waals surface area contributed by atoms with Crippen LogP contribution in [-0.2, 0) is 13.0 Å². The normalized spacial score (nSPS) is 24.2. The number of aliphatic hydroxyl groups excluding tert-OH is 2. The Bertz CT molecular complexity index is 815.